The minimum atomic E-state index is -3.98. The van der Waals surface area contributed by atoms with Crippen LogP contribution < -0.4 is 20.1 Å². The summed E-state index contributed by atoms with van der Waals surface area (Å²) in [5.41, 5.74) is 0.933. The summed E-state index contributed by atoms with van der Waals surface area (Å²) in [6.07, 6.45) is 4.77. The highest BCUT2D eigenvalue weighted by molar-refractivity contribution is 7.89. The third-order valence-electron chi connectivity index (χ3n) is 5.94. The zero-order valence-electron chi connectivity index (χ0n) is 20.0. The molecule has 1 aliphatic rings. The fraction of sp³-hybridized carbons (Fsp3) is 0.458. The first-order chi connectivity index (χ1) is 16.8. The Morgan fingerprint density at radius 2 is 1.91 bits per heavy atom. The summed E-state index contributed by atoms with van der Waals surface area (Å²) < 4.78 is 38.8. The Labute approximate surface area is 206 Å². The van der Waals surface area contributed by atoms with Crippen LogP contribution in [0.25, 0.3) is 0 Å². The number of sulfonamides is 1. The predicted octanol–water partition coefficient (Wildman–Crippen LogP) is 1.71. The smallest absolute Gasteiger partial charge is 0.246 e. The van der Waals surface area contributed by atoms with Crippen LogP contribution in [0.5, 0.6) is 11.5 Å². The standard InChI is InChI=1S/C24H32N4O6S/c1-33-20-5-6-21(34-2)22(16-20)35(31,32)28-14-3-4-19(9-13-26-23(29)10-15-28)24(30)27-17-18-7-11-25-12-8-18/h5-8,11-12,16,19H,3-4,9-10,13-15,17H2,1-2H3,(H,26,29)(H,27,30). The number of hydrogen-bond acceptors (Lipinski definition) is 7. The van der Waals surface area contributed by atoms with Crippen LogP contribution >= 0.6 is 0 Å². The average molecular weight is 505 g/mol. The number of nitrogens with one attached hydrogen (secondary N) is 2. The Balaban J connectivity index is 1.75. The first-order valence-electron chi connectivity index (χ1n) is 11.5. The molecule has 2 amide bonds. The van der Waals surface area contributed by atoms with Gasteiger partial charge < -0.3 is 20.1 Å². The van der Waals surface area contributed by atoms with E-state index < -0.39 is 10.0 Å². The van der Waals surface area contributed by atoms with Crippen molar-refractivity contribution in [3.8, 4) is 11.5 Å². The molecule has 11 heteroatoms. The highest BCUT2D eigenvalue weighted by Crippen LogP contribution is 2.31. The van der Waals surface area contributed by atoms with Gasteiger partial charge in [-0.25, -0.2) is 8.42 Å². The van der Waals surface area contributed by atoms with Crippen molar-refractivity contribution in [3.05, 3.63) is 48.3 Å². The number of amides is 2. The van der Waals surface area contributed by atoms with E-state index in [9.17, 15) is 18.0 Å². The van der Waals surface area contributed by atoms with Gasteiger partial charge in [0.2, 0.25) is 21.8 Å². The van der Waals surface area contributed by atoms with Crippen LogP contribution in [-0.4, -0.2) is 63.4 Å². The molecule has 0 aliphatic carbocycles. The van der Waals surface area contributed by atoms with Crippen LogP contribution in [0.15, 0.2) is 47.6 Å². The number of rotatable bonds is 7. The fourth-order valence-electron chi connectivity index (χ4n) is 3.93. The molecule has 1 atom stereocenters. The molecule has 2 aromatic rings. The molecule has 1 aromatic heterocycles. The van der Waals surface area contributed by atoms with Gasteiger partial charge in [-0.05, 0) is 49.1 Å². The highest BCUT2D eigenvalue weighted by Gasteiger charge is 2.30. The van der Waals surface area contributed by atoms with Crippen LogP contribution in [0.2, 0.25) is 0 Å². The number of methoxy groups -OCH3 is 2. The van der Waals surface area contributed by atoms with Crippen molar-refractivity contribution in [2.24, 2.45) is 5.92 Å². The molecule has 1 saturated heterocycles. The van der Waals surface area contributed by atoms with Gasteiger partial charge in [0, 0.05) is 57.0 Å². The molecule has 190 valence electrons. The quantitative estimate of drug-likeness (QED) is 0.588. The molecular weight excluding hydrogens is 472 g/mol. The lowest BCUT2D eigenvalue weighted by Crippen LogP contribution is -2.36. The van der Waals surface area contributed by atoms with Crippen molar-refractivity contribution in [1.29, 1.82) is 0 Å². The highest BCUT2D eigenvalue weighted by atomic mass is 32.2. The van der Waals surface area contributed by atoms with E-state index in [1.165, 1.54) is 30.7 Å². The summed E-state index contributed by atoms with van der Waals surface area (Å²) in [6.45, 7) is 0.917. The Morgan fingerprint density at radius 1 is 1.14 bits per heavy atom. The van der Waals surface area contributed by atoms with Crippen LogP contribution in [0.3, 0.4) is 0 Å². The van der Waals surface area contributed by atoms with Crippen LogP contribution in [-0.2, 0) is 26.2 Å². The first kappa shape index (κ1) is 26.4. The molecule has 0 radical (unpaired) electrons. The van der Waals surface area contributed by atoms with Crippen LogP contribution in [0.4, 0.5) is 0 Å². The summed E-state index contributed by atoms with van der Waals surface area (Å²) in [4.78, 5) is 29.1. The number of nitrogens with zero attached hydrogens (tertiary/aromatic N) is 2. The van der Waals surface area contributed by atoms with E-state index in [0.29, 0.717) is 38.1 Å². The Hall–Kier alpha value is -3.18. The molecule has 1 unspecified atom stereocenters. The fourth-order valence-corrected chi connectivity index (χ4v) is 5.58. The Bertz CT molecular complexity index is 1110. The van der Waals surface area contributed by atoms with Gasteiger partial charge in [-0.3, -0.25) is 14.6 Å². The maximum absolute atomic E-state index is 13.5. The van der Waals surface area contributed by atoms with Gasteiger partial charge in [-0.1, -0.05) is 0 Å². The minimum absolute atomic E-state index is 0.0183. The molecule has 1 fully saturated rings. The molecule has 35 heavy (non-hydrogen) atoms. The summed E-state index contributed by atoms with van der Waals surface area (Å²) >= 11 is 0. The van der Waals surface area contributed by atoms with E-state index in [-0.39, 0.29) is 47.9 Å². The first-order valence-corrected chi connectivity index (χ1v) is 12.9. The Kier molecular flexibility index (Phi) is 9.44. The third-order valence-corrected chi connectivity index (χ3v) is 7.86. The van der Waals surface area contributed by atoms with Gasteiger partial charge in [0.25, 0.3) is 0 Å². The monoisotopic (exact) mass is 504 g/mol. The summed E-state index contributed by atoms with van der Waals surface area (Å²) in [5, 5.41) is 5.73. The van der Waals surface area contributed by atoms with Gasteiger partial charge in [-0.2, -0.15) is 4.31 Å². The average Bonchev–Trinajstić information content (AvgIpc) is 2.92. The number of pyridine rings is 1. The van der Waals surface area contributed by atoms with Gasteiger partial charge in [0.15, 0.2) is 0 Å². The number of carbonyl (C=O) groups is 2. The second-order valence-electron chi connectivity index (χ2n) is 8.22. The van der Waals surface area contributed by atoms with Crippen molar-refractivity contribution in [1.82, 2.24) is 19.9 Å². The molecule has 0 bridgehead atoms. The second-order valence-corrected chi connectivity index (χ2v) is 10.1. The van der Waals surface area contributed by atoms with E-state index in [0.717, 1.165) is 5.56 Å². The lowest BCUT2D eigenvalue weighted by molar-refractivity contribution is -0.126. The molecule has 2 N–H and O–H groups in total. The van der Waals surface area contributed by atoms with E-state index in [4.69, 9.17) is 9.47 Å². The lowest BCUT2D eigenvalue weighted by Gasteiger charge is -2.23. The van der Waals surface area contributed by atoms with Crippen molar-refractivity contribution in [2.75, 3.05) is 33.9 Å². The topological polar surface area (TPSA) is 127 Å². The molecular formula is C24H32N4O6S. The van der Waals surface area contributed by atoms with Crippen molar-refractivity contribution in [3.63, 3.8) is 0 Å². The molecule has 3 rings (SSSR count). The number of ether oxygens (including phenoxy) is 2. The number of carbonyl (C=O) groups excluding carboxylic acids is 2. The molecule has 0 saturated carbocycles. The SMILES string of the molecule is COc1ccc(OC)c(S(=O)(=O)N2CCCC(C(=O)NCc3ccncc3)CCNC(=O)CC2)c1. The van der Waals surface area contributed by atoms with Crippen molar-refractivity contribution >= 4 is 21.8 Å². The van der Waals surface area contributed by atoms with Gasteiger partial charge in [-0.15, -0.1) is 0 Å². The van der Waals surface area contributed by atoms with Crippen molar-refractivity contribution < 1.29 is 27.5 Å². The van der Waals surface area contributed by atoms with Crippen molar-refractivity contribution in [2.45, 2.75) is 37.1 Å². The molecule has 0 spiro atoms. The zero-order chi connectivity index (χ0) is 25.3. The molecule has 1 aromatic carbocycles. The summed E-state index contributed by atoms with van der Waals surface area (Å²) in [5.74, 6) is -0.171. The molecule has 1 aliphatic heterocycles. The Morgan fingerprint density at radius 3 is 2.63 bits per heavy atom. The normalized spacial score (nSPS) is 18.1. The second kappa shape index (κ2) is 12.5. The third kappa shape index (κ3) is 7.15. The summed E-state index contributed by atoms with van der Waals surface area (Å²) in [7, 11) is -1.13. The number of hydrogen-bond donors (Lipinski definition) is 2. The molecule has 2 heterocycles. The van der Waals surface area contributed by atoms with E-state index in [2.05, 4.69) is 15.6 Å². The zero-order valence-corrected chi connectivity index (χ0v) is 20.8. The van der Waals surface area contributed by atoms with Gasteiger partial charge in [0.1, 0.15) is 16.4 Å². The maximum Gasteiger partial charge on any atom is 0.246 e. The lowest BCUT2D eigenvalue weighted by atomic mass is 9.98. The number of aromatic nitrogens is 1. The predicted molar refractivity (Wildman–Crippen MR) is 129 cm³/mol. The van der Waals surface area contributed by atoms with Crippen LogP contribution in [0, 0.1) is 5.92 Å². The summed E-state index contributed by atoms with van der Waals surface area (Å²) in [6, 6.07) is 8.22. The van der Waals surface area contributed by atoms with E-state index in [1.807, 2.05) is 12.1 Å². The molecule has 10 nitrogen and oxygen atoms in total. The maximum atomic E-state index is 13.5. The largest absolute Gasteiger partial charge is 0.497 e. The van der Waals surface area contributed by atoms with Gasteiger partial charge >= 0.3 is 0 Å². The van der Waals surface area contributed by atoms with E-state index >= 15 is 0 Å². The van der Waals surface area contributed by atoms with Crippen LogP contribution in [0.1, 0.15) is 31.2 Å². The number of benzene rings is 1. The van der Waals surface area contributed by atoms with E-state index in [1.54, 1.807) is 18.5 Å². The van der Waals surface area contributed by atoms with Gasteiger partial charge in [0.05, 0.1) is 14.2 Å². The minimum Gasteiger partial charge on any atom is -0.497 e.